The van der Waals surface area contributed by atoms with E-state index in [0.717, 1.165) is 46.8 Å². The quantitative estimate of drug-likeness (QED) is 0.634. The van der Waals surface area contributed by atoms with Gasteiger partial charge in [-0.1, -0.05) is 19.4 Å². The van der Waals surface area contributed by atoms with Gasteiger partial charge in [-0.3, -0.25) is 4.79 Å². The molecule has 146 valence electrons. The van der Waals surface area contributed by atoms with E-state index in [-0.39, 0.29) is 18.6 Å². The zero-order chi connectivity index (χ0) is 19.5. The Hall–Kier alpha value is -3.02. The molecule has 3 aromatic rings. The van der Waals surface area contributed by atoms with Gasteiger partial charge in [0, 0.05) is 31.3 Å². The molecule has 1 aliphatic rings. The molecule has 0 aliphatic carbocycles. The summed E-state index contributed by atoms with van der Waals surface area (Å²) in [5.41, 5.74) is 4.03. The van der Waals surface area contributed by atoms with Crippen LogP contribution in [0.1, 0.15) is 48.9 Å². The third kappa shape index (κ3) is 3.67. The molecule has 0 fully saturated rings. The minimum atomic E-state index is -0.131. The molecule has 0 radical (unpaired) electrons. The Bertz CT molecular complexity index is 996. The van der Waals surface area contributed by atoms with Crippen molar-refractivity contribution >= 4 is 11.6 Å². The number of rotatable bonds is 7. The second kappa shape index (κ2) is 7.92. The number of nitrogens with one attached hydrogen (secondary N) is 1. The second-order valence-corrected chi connectivity index (χ2v) is 7.19. The lowest BCUT2D eigenvalue weighted by atomic mass is 9.92. The van der Waals surface area contributed by atoms with Crippen molar-refractivity contribution in [3.63, 3.8) is 0 Å². The van der Waals surface area contributed by atoms with Crippen LogP contribution >= 0.6 is 0 Å². The number of imidazole rings is 1. The third-order valence-electron chi connectivity index (χ3n) is 5.10. The SMILES string of the molecule is CCCCNC(=O)C[C@@H](c1ccc2c(c1)OCO2)c1cnc2cc(C)ccn12. The van der Waals surface area contributed by atoms with E-state index in [1.54, 1.807) is 0 Å². The second-order valence-electron chi connectivity index (χ2n) is 7.19. The minimum absolute atomic E-state index is 0.0400. The topological polar surface area (TPSA) is 64.9 Å². The predicted octanol–water partition coefficient (Wildman–Crippen LogP) is 3.81. The van der Waals surface area contributed by atoms with E-state index in [1.165, 1.54) is 0 Å². The van der Waals surface area contributed by atoms with Gasteiger partial charge >= 0.3 is 0 Å². The molecule has 1 aliphatic heterocycles. The van der Waals surface area contributed by atoms with Gasteiger partial charge in [0.15, 0.2) is 11.5 Å². The van der Waals surface area contributed by atoms with Gasteiger partial charge in [0.05, 0.1) is 5.69 Å². The van der Waals surface area contributed by atoms with Crippen molar-refractivity contribution in [3.05, 3.63) is 59.5 Å². The van der Waals surface area contributed by atoms with E-state index in [2.05, 4.69) is 27.7 Å². The Morgan fingerprint density at radius 2 is 2.11 bits per heavy atom. The summed E-state index contributed by atoms with van der Waals surface area (Å²) >= 11 is 0. The van der Waals surface area contributed by atoms with Crippen molar-refractivity contribution in [1.82, 2.24) is 14.7 Å². The fraction of sp³-hybridized carbons (Fsp3) is 0.364. The molecular formula is C22H25N3O3. The van der Waals surface area contributed by atoms with Crippen molar-refractivity contribution < 1.29 is 14.3 Å². The smallest absolute Gasteiger partial charge is 0.231 e. The van der Waals surface area contributed by atoms with Gasteiger partial charge in [-0.25, -0.2) is 4.98 Å². The number of carbonyl (C=O) groups is 1. The summed E-state index contributed by atoms with van der Waals surface area (Å²) in [6.07, 6.45) is 6.27. The number of aryl methyl sites for hydroxylation is 1. The number of carbonyl (C=O) groups excluding carboxylic acids is 1. The molecule has 0 bridgehead atoms. The van der Waals surface area contributed by atoms with Gasteiger partial charge in [-0.15, -0.1) is 0 Å². The average Bonchev–Trinajstić information content (AvgIpc) is 3.32. The van der Waals surface area contributed by atoms with Crippen LogP contribution in [0.2, 0.25) is 0 Å². The van der Waals surface area contributed by atoms with Gasteiger partial charge in [-0.05, 0) is 48.7 Å². The number of benzene rings is 1. The Morgan fingerprint density at radius 1 is 1.25 bits per heavy atom. The lowest BCUT2D eigenvalue weighted by molar-refractivity contribution is -0.121. The number of hydrogen-bond acceptors (Lipinski definition) is 4. The number of fused-ring (bicyclic) bond motifs is 2. The van der Waals surface area contributed by atoms with Crippen LogP contribution in [0.4, 0.5) is 0 Å². The standard InChI is InChI=1S/C22H25N3O3/c1-3-4-8-23-22(26)12-17(16-5-6-19-20(11-16)28-14-27-19)18-13-24-21-10-15(2)7-9-25(18)21/h5-7,9-11,13,17H,3-4,8,12,14H2,1-2H3,(H,23,26)/t17-/m0/s1. The maximum absolute atomic E-state index is 12.6. The molecule has 3 heterocycles. The number of amides is 1. The molecule has 1 N–H and O–H groups in total. The maximum atomic E-state index is 12.6. The van der Waals surface area contributed by atoms with E-state index < -0.39 is 0 Å². The van der Waals surface area contributed by atoms with Crippen LogP contribution in [0.5, 0.6) is 11.5 Å². The molecule has 1 aromatic carbocycles. The van der Waals surface area contributed by atoms with Crippen molar-refractivity contribution in [2.24, 2.45) is 0 Å². The first-order chi connectivity index (χ1) is 13.7. The van der Waals surface area contributed by atoms with Crippen molar-refractivity contribution in [2.75, 3.05) is 13.3 Å². The van der Waals surface area contributed by atoms with Crippen molar-refractivity contribution in [3.8, 4) is 11.5 Å². The van der Waals surface area contributed by atoms with E-state index in [1.807, 2.05) is 43.6 Å². The molecular weight excluding hydrogens is 354 g/mol. The summed E-state index contributed by atoms with van der Waals surface area (Å²) < 4.78 is 13.0. The summed E-state index contributed by atoms with van der Waals surface area (Å²) in [4.78, 5) is 17.2. The molecule has 0 unspecified atom stereocenters. The summed E-state index contributed by atoms with van der Waals surface area (Å²) in [6, 6.07) is 9.98. The van der Waals surface area contributed by atoms with Crippen molar-refractivity contribution in [1.29, 1.82) is 0 Å². The minimum Gasteiger partial charge on any atom is -0.454 e. The van der Waals surface area contributed by atoms with E-state index in [0.29, 0.717) is 13.0 Å². The molecule has 6 nitrogen and oxygen atoms in total. The highest BCUT2D eigenvalue weighted by atomic mass is 16.7. The van der Waals surface area contributed by atoms with Crippen LogP contribution in [0.3, 0.4) is 0 Å². The molecule has 2 aromatic heterocycles. The predicted molar refractivity (Wildman–Crippen MR) is 107 cm³/mol. The largest absolute Gasteiger partial charge is 0.454 e. The first-order valence-electron chi connectivity index (χ1n) is 9.75. The molecule has 1 atom stereocenters. The van der Waals surface area contributed by atoms with Crippen LogP contribution in [0.15, 0.2) is 42.7 Å². The lowest BCUT2D eigenvalue weighted by Gasteiger charge is -2.18. The number of hydrogen-bond donors (Lipinski definition) is 1. The number of pyridine rings is 1. The zero-order valence-electron chi connectivity index (χ0n) is 16.3. The van der Waals surface area contributed by atoms with E-state index in [4.69, 9.17) is 9.47 Å². The average molecular weight is 379 g/mol. The fourth-order valence-corrected chi connectivity index (χ4v) is 3.55. The normalized spacial score (nSPS) is 13.6. The van der Waals surface area contributed by atoms with Gasteiger partial charge in [0.1, 0.15) is 5.65 Å². The monoisotopic (exact) mass is 379 g/mol. The summed E-state index contributed by atoms with van der Waals surface area (Å²) in [7, 11) is 0. The van der Waals surface area contributed by atoms with Gasteiger partial charge in [0.25, 0.3) is 0 Å². The van der Waals surface area contributed by atoms with Crippen molar-refractivity contribution in [2.45, 2.75) is 39.0 Å². The van der Waals surface area contributed by atoms with Crippen LogP contribution < -0.4 is 14.8 Å². The van der Waals surface area contributed by atoms with Crippen LogP contribution in [-0.2, 0) is 4.79 Å². The number of nitrogens with zero attached hydrogens (tertiary/aromatic N) is 2. The van der Waals surface area contributed by atoms with E-state index >= 15 is 0 Å². The summed E-state index contributed by atoms with van der Waals surface area (Å²) in [5, 5.41) is 3.03. The molecule has 1 amide bonds. The molecule has 6 heteroatoms. The maximum Gasteiger partial charge on any atom is 0.231 e. The van der Waals surface area contributed by atoms with Crippen LogP contribution in [0, 0.1) is 6.92 Å². The van der Waals surface area contributed by atoms with Gasteiger partial charge in [0.2, 0.25) is 12.7 Å². The Balaban J connectivity index is 1.69. The number of aromatic nitrogens is 2. The Kier molecular flexibility index (Phi) is 5.19. The zero-order valence-corrected chi connectivity index (χ0v) is 16.3. The highest BCUT2D eigenvalue weighted by Crippen LogP contribution is 2.37. The molecule has 28 heavy (non-hydrogen) atoms. The first kappa shape index (κ1) is 18.3. The van der Waals surface area contributed by atoms with Crippen LogP contribution in [-0.4, -0.2) is 28.6 Å². The summed E-state index contributed by atoms with van der Waals surface area (Å²) in [6.45, 7) is 5.10. The highest BCUT2D eigenvalue weighted by Gasteiger charge is 2.24. The first-order valence-corrected chi connectivity index (χ1v) is 9.75. The van der Waals surface area contributed by atoms with Crippen LogP contribution in [0.25, 0.3) is 5.65 Å². The molecule has 0 saturated carbocycles. The molecule has 0 saturated heterocycles. The fourth-order valence-electron chi connectivity index (χ4n) is 3.55. The summed E-state index contributed by atoms with van der Waals surface area (Å²) in [5.74, 6) is 1.37. The third-order valence-corrected chi connectivity index (χ3v) is 5.10. The lowest BCUT2D eigenvalue weighted by Crippen LogP contribution is -2.26. The molecule has 4 rings (SSSR count). The van der Waals surface area contributed by atoms with Gasteiger partial charge < -0.3 is 19.2 Å². The Labute approximate surface area is 164 Å². The molecule has 0 spiro atoms. The Morgan fingerprint density at radius 3 is 2.96 bits per heavy atom. The van der Waals surface area contributed by atoms with Gasteiger partial charge in [-0.2, -0.15) is 0 Å². The van der Waals surface area contributed by atoms with E-state index in [9.17, 15) is 4.79 Å². The highest BCUT2D eigenvalue weighted by molar-refractivity contribution is 5.77. The number of ether oxygens (including phenoxy) is 2. The number of unbranched alkanes of at least 4 members (excludes halogenated alkanes) is 1.